The van der Waals surface area contributed by atoms with Gasteiger partial charge in [-0.05, 0) is 54.2 Å². The van der Waals surface area contributed by atoms with E-state index >= 15 is 0 Å². The molecule has 0 saturated carbocycles. The summed E-state index contributed by atoms with van der Waals surface area (Å²) in [5, 5.41) is 22.8. The third-order valence-electron chi connectivity index (χ3n) is 6.64. The molecule has 6 nitrogen and oxygen atoms in total. The highest BCUT2D eigenvalue weighted by Crippen LogP contribution is 2.39. The Labute approximate surface area is 215 Å². The van der Waals surface area contributed by atoms with Crippen molar-refractivity contribution in [3.05, 3.63) is 69.0 Å². The molecular weight excluding hydrogens is 487 g/mol. The number of aliphatic hydroxyl groups excluding tert-OH is 1. The smallest absolute Gasteiger partial charge is 0.416 e. The summed E-state index contributed by atoms with van der Waals surface area (Å²) < 4.78 is 44.9. The lowest BCUT2D eigenvalue weighted by atomic mass is 9.83. The fraction of sp³-hybridized carbons (Fsp3) is 0.464. The molecule has 0 fully saturated rings. The number of Topliss-reactive ketones (excluding diaryl/α,β-unsaturated/α-hetero) is 1. The van der Waals surface area contributed by atoms with Crippen LogP contribution in [0.5, 0.6) is 11.5 Å². The average Bonchev–Trinajstić information content (AvgIpc) is 2.84. The SMILES string of the molecule is CCCC(=O)/C(=C(/O)C(C)C(CC)CC)c1cc(Oc2ccc(C(F)(F)F)cc2[N+](=O)[O-])ccc1CC. The zero-order chi connectivity index (χ0) is 27.9. The number of alkyl halides is 3. The van der Waals surface area contributed by atoms with Gasteiger partial charge >= 0.3 is 11.9 Å². The number of nitrogens with zero attached hydrogens (tertiary/aromatic N) is 1. The van der Waals surface area contributed by atoms with Crippen molar-refractivity contribution in [2.75, 3.05) is 0 Å². The molecule has 2 aromatic rings. The Kier molecular flexibility index (Phi) is 10.3. The standard InChI is InChI=1S/C28H34F3NO5/c1-6-10-24(33)26(27(34)17(5)18(7-2)8-3)22-16-21(13-11-19(22)9-4)37-25-14-12-20(28(29,30)31)15-23(25)32(35)36/h11-18,34H,6-10H2,1-5H3/b27-26+. The van der Waals surface area contributed by atoms with Gasteiger partial charge in [0.15, 0.2) is 5.78 Å². The van der Waals surface area contributed by atoms with E-state index in [0.717, 1.165) is 24.5 Å². The number of benzene rings is 2. The molecule has 0 saturated heterocycles. The highest BCUT2D eigenvalue weighted by atomic mass is 19.4. The molecule has 0 aliphatic rings. The van der Waals surface area contributed by atoms with Crippen LogP contribution in [0, 0.1) is 22.0 Å². The predicted molar refractivity (Wildman–Crippen MR) is 137 cm³/mol. The van der Waals surface area contributed by atoms with E-state index < -0.39 is 22.4 Å². The Morgan fingerprint density at radius 3 is 2.24 bits per heavy atom. The van der Waals surface area contributed by atoms with E-state index in [9.17, 15) is 33.2 Å². The second-order valence-corrected chi connectivity index (χ2v) is 9.01. The van der Waals surface area contributed by atoms with E-state index in [1.54, 1.807) is 6.07 Å². The zero-order valence-electron chi connectivity index (χ0n) is 21.8. The molecule has 9 heteroatoms. The van der Waals surface area contributed by atoms with Crippen molar-refractivity contribution >= 4 is 17.0 Å². The maximum atomic E-state index is 13.2. The summed E-state index contributed by atoms with van der Waals surface area (Å²) in [5.74, 6) is -0.641. The van der Waals surface area contributed by atoms with Crippen LogP contribution in [-0.2, 0) is 17.4 Å². The topological polar surface area (TPSA) is 89.7 Å². The minimum atomic E-state index is -4.75. The largest absolute Gasteiger partial charge is 0.511 e. The summed E-state index contributed by atoms with van der Waals surface area (Å²) in [6.45, 7) is 9.68. The number of carbonyl (C=O) groups excluding carboxylic acids is 1. The lowest BCUT2D eigenvalue weighted by molar-refractivity contribution is -0.385. The lowest BCUT2D eigenvalue weighted by Gasteiger charge is -2.24. The number of ether oxygens (including phenoxy) is 1. The number of halogens is 3. The summed E-state index contributed by atoms with van der Waals surface area (Å²) in [6, 6.07) is 6.78. The highest BCUT2D eigenvalue weighted by Gasteiger charge is 2.33. The van der Waals surface area contributed by atoms with Crippen LogP contribution in [0.2, 0.25) is 0 Å². The van der Waals surface area contributed by atoms with Gasteiger partial charge in [-0.1, -0.05) is 53.5 Å². The van der Waals surface area contributed by atoms with Crippen molar-refractivity contribution in [1.82, 2.24) is 0 Å². The molecular formula is C28H34F3NO5. The molecule has 1 N–H and O–H groups in total. The molecule has 37 heavy (non-hydrogen) atoms. The molecule has 0 aromatic heterocycles. The van der Waals surface area contributed by atoms with Crippen molar-refractivity contribution < 1.29 is 32.7 Å². The first-order chi connectivity index (χ1) is 17.4. The monoisotopic (exact) mass is 521 g/mol. The molecule has 1 atom stereocenters. The van der Waals surface area contributed by atoms with Gasteiger partial charge in [-0.15, -0.1) is 0 Å². The molecule has 1 unspecified atom stereocenters. The van der Waals surface area contributed by atoms with Gasteiger partial charge in [-0.3, -0.25) is 14.9 Å². The van der Waals surface area contributed by atoms with Crippen LogP contribution in [0.25, 0.3) is 5.57 Å². The maximum Gasteiger partial charge on any atom is 0.416 e. The fourth-order valence-corrected chi connectivity index (χ4v) is 4.44. The molecule has 0 bridgehead atoms. The summed E-state index contributed by atoms with van der Waals surface area (Å²) in [6.07, 6.45) is -1.79. The van der Waals surface area contributed by atoms with Crippen molar-refractivity contribution in [2.24, 2.45) is 11.8 Å². The number of aliphatic hydroxyl groups is 1. The van der Waals surface area contributed by atoms with Crippen LogP contribution in [0.15, 0.2) is 42.2 Å². The number of allylic oxidation sites excluding steroid dienone is 2. The van der Waals surface area contributed by atoms with Crippen molar-refractivity contribution in [3.63, 3.8) is 0 Å². The highest BCUT2D eigenvalue weighted by molar-refractivity contribution is 6.21. The minimum absolute atomic E-state index is 0.0143. The number of rotatable bonds is 12. The first kappa shape index (κ1) is 29.9. The van der Waals surface area contributed by atoms with Gasteiger partial charge in [0.25, 0.3) is 0 Å². The molecule has 0 radical (unpaired) electrons. The molecule has 202 valence electrons. The molecule has 0 aliphatic heterocycles. The predicted octanol–water partition coefficient (Wildman–Crippen LogP) is 8.68. The molecule has 2 rings (SSSR count). The van der Waals surface area contributed by atoms with Crippen molar-refractivity contribution in [3.8, 4) is 11.5 Å². The van der Waals surface area contributed by atoms with Gasteiger partial charge in [0, 0.05) is 18.4 Å². The summed E-state index contributed by atoms with van der Waals surface area (Å²) in [5.41, 5.74) is -0.603. The summed E-state index contributed by atoms with van der Waals surface area (Å²) in [7, 11) is 0. The average molecular weight is 522 g/mol. The fourth-order valence-electron chi connectivity index (χ4n) is 4.44. The van der Waals surface area contributed by atoms with E-state index in [2.05, 4.69) is 0 Å². The minimum Gasteiger partial charge on any atom is -0.511 e. The molecule has 0 amide bonds. The third kappa shape index (κ3) is 7.11. The first-order valence-corrected chi connectivity index (χ1v) is 12.5. The number of nitro benzene ring substituents is 1. The van der Waals surface area contributed by atoms with Crippen LogP contribution >= 0.6 is 0 Å². The number of hydrogen-bond donors (Lipinski definition) is 1. The number of aryl methyl sites for hydroxylation is 1. The van der Waals surface area contributed by atoms with E-state index in [4.69, 9.17) is 4.74 Å². The van der Waals surface area contributed by atoms with Gasteiger partial charge in [0.1, 0.15) is 11.5 Å². The Balaban J connectivity index is 2.68. The molecule has 0 heterocycles. The number of carbonyl (C=O) groups is 1. The third-order valence-corrected chi connectivity index (χ3v) is 6.64. The van der Waals surface area contributed by atoms with E-state index in [1.807, 2.05) is 34.6 Å². The first-order valence-electron chi connectivity index (χ1n) is 12.5. The zero-order valence-corrected chi connectivity index (χ0v) is 21.8. The van der Waals surface area contributed by atoms with Gasteiger partial charge in [-0.2, -0.15) is 13.2 Å². The van der Waals surface area contributed by atoms with Crippen LogP contribution in [0.3, 0.4) is 0 Å². The van der Waals surface area contributed by atoms with Gasteiger partial charge < -0.3 is 9.84 Å². The second-order valence-electron chi connectivity index (χ2n) is 9.01. The maximum absolute atomic E-state index is 13.2. The van der Waals surface area contributed by atoms with Gasteiger partial charge in [0.2, 0.25) is 5.75 Å². The van der Waals surface area contributed by atoms with Crippen LogP contribution in [-0.4, -0.2) is 15.8 Å². The number of nitro groups is 1. The second kappa shape index (κ2) is 12.7. The van der Waals surface area contributed by atoms with Gasteiger partial charge in [-0.25, -0.2) is 0 Å². The van der Waals surface area contributed by atoms with E-state index in [-0.39, 0.29) is 46.9 Å². The molecule has 0 spiro atoms. The number of hydrogen-bond acceptors (Lipinski definition) is 5. The van der Waals surface area contributed by atoms with E-state index in [1.165, 1.54) is 12.1 Å². The summed E-state index contributed by atoms with van der Waals surface area (Å²) in [4.78, 5) is 23.8. The quantitative estimate of drug-likeness (QED) is 0.131. The molecule has 2 aromatic carbocycles. The van der Waals surface area contributed by atoms with Crippen LogP contribution in [0.4, 0.5) is 18.9 Å². The van der Waals surface area contributed by atoms with Crippen molar-refractivity contribution in [1.29, 1.82) is 0 Å². The lowest BCUT2D eigenvalue weighted by Crippen LogP contribution is -2.17. The molecule has 0 aliphatic carbocycles. The Morgan fingerprint density at radius 1 is 1.08 bits per heavy atom. The van der Waals surface area contributed by atoms with Crippen LogP contribution < -0.4 is 4.74 Å². The van der Waals surface area contributed by atoms with Gasteiger partial charge in [0.05, 0.1) is 16.1 Å². The van der Waals surface area contributed by atoms with E-state index in [0.29, 0.717) is 30.5 Å². The van der Waals surface area contributed by atoms with Crippen LogP contribution in [0.1, 0.15) is 77.0 Å². The number of ketones is 1. The van der Waals surface area contributed by atoms with Crippen molar-refractivity contribution in [2.45, 2.75) is 72.9 Å². The Bertz CT molecular complexity index is 1150. The summed E-state index contributed by atoms with van der Waals surface area (Å²) >= 11 is 0. The Morgan fingerprint density at radius 2 is 1.73 bits per heavy atom. The Hall–Kier alpha value is -3.36. The normalized spacial score (nSPS) is 13.3.